The number of ether oxygens (including phenoxy) is 3. The van der Waals surface area contributed by atoms with Gasteiger partial charge in [-0.05, 0) is 11.1 Å². The molecule has 0 aromatic heterocycles. The van der Waals surface area contributed by atoms with Gasteiger partial charge in [-0.15, -0.1) is 0 Å². The number of methoxy groups -OCH3 is 3. The van der Waals surface area contributed by atoms with Gasteiger partial charge < -0.3 is 14.2 Å². The lowest BCUT2D eigenvalue weighted by Crippen LogP contribution is -2.27. The SMILES string of the molecule is COC(=O)Cc1ccccc1CN1CC(OC)C(OC)C1. The average molecular weight is 293 g/mol. The fourth-order valence-electron chi connectivity index (χ4n) is 2.75. The van der Waals surface area contributed by atoms with E-state index in [-0.39, 0.29) is 18.2 Å². The van der Waals surface area contributed by atoms with Crippen molar-refractivity contribution in [3.8, 4) is 0 Å². The summed E-state index contributed by atoms with van der Waals surface area (Å²) < 4.78 is 15.7. The maximum Gasteiger partial charge on any atom is 0.309 e. The van der Waals surface area contributed by atoms with Gasteiger partial charge in [-0.25, -0.2) is 0 Å². The smallest absolute Gasteiger partial charge is 0.309 e. The Hall–Kier alpha value is -1.43. The highest BCUT2D eigenvalue weighted by Gasteiger charge is 2.32. The summed E-state index contributed by atoms with van der Waals surface area (Å²) in [6.45, 7) is 2.45. The first-order chi connectivity index (χ1) is 10.2. The molecule has 1 heterocycles. The molecule has 116 valence electrons. The number of nitrogens with zero attached hydrogens (tertiary/aromatic N) is 1. The fourth-order valence-corrected chi connectivity index (χ4v) is 2.75. The molecule has 0 amide bonds. The first-order valence-electron chi connectivity index (χ1n) is 7.09. The van der Waals surface area contributed by atoms with Crippen LogP contribution in [0.1, 0.15) is 11.1 Å². The highest BCUT2D eigenvalue weighted by Crippen LogP contribution is 2.20. The number of rotatable bonds is 6. The maximum atomic E-state index is 11.5. The predicted octanol–water partition coefficient (Wildman–Crippen LogP) is 1.25. The Balaban J connectivity index is 2.05. The molecular weight excluding hydrogens is 270 g/mol. The lowest BCUT2D eigenvalue weighted by atomic mass is 10.0. The van der Waals surface area contributed by atoms with Gasteiger partial charge in [0.05, 0.1) is 25.7 Å². The molecular formula is C16H23NO4. The van der Waals surface area contributed by atoms with E-state index >= 15 is 0 Å². The van der Waals surface area contributed by atoms with E-state index in [0.29, 0.717) is 6.42 Å². The quantitative estimate of drug-likeness (QED) is 0.739. The first kappa shape index (κ1) is 15.9. The molecule has 2 rings (SSSR count). The van der Waals surface area contributed by atoms with Gasteiger partial charge in [0, 0.05) is 33.9 Å². The summed E-state index contributed by atoms with van der Waals surface area (Å²) >= 11 is 0. The van der Waals surface area contributed by atoms with Crippen molar-refractivity contribution in [2.75, 3.05) is 34.4 Å². The van der Waals surface area contributed by atoms with Crippen LogP contribution in [0.4, 0.5) is 0 Å². The molecule has 5 nitrogen and oxygen atoms in total. The van der Waals surface area contributed by atoms with Crippen LogP contribution in [0.15, 0.2) is 24.3 Å². The normalized spacial score (nSPS) is 22.4. The summed E-state index contributed by atoms with van der Waals surface area (Å²) in [5, 5.41) is 0. The monoisotopic (exact) mass is 293 g/mol. The fraction of sp³-hybridized carbons (Fsp3) is 0.562. The Kier molecular flexibility index (Phi) is 5.73. The van der Waals surface area contributed by atoms with Crippen LogP contribution in [0.2, 0.25) is 0 Å². The van der Waals surface area contributed by atoms with Gasteiger partial charge in [0.25, 0.3) is 0 Å². The van der Waals surface area contributed by atoms with Gasteiger partial charge in [-0.3, -0.25) is 9.69 Å². The summed E-state index contributed by atoms with van der Waals surface area (Å²) in [7, 11) is 4.84. The van der Waals surface area contributed by atoms with E-state index in [1.54, 1.807) is 14.2 Å². The van der Waals surface area contributed by atoms with E-state index in [4.69, 9.17) is 14.2 Å². The highest BCUT2D eigenvalue weighted by molar-refractivity contribution is 5.72. The van der Waals surface area contributed by atoms with Crippen molar-refractivity contribution in [1.29, 1.82) is 0 Å². The summed E-state index contributed by atoms with van der Waals surface area (Å²) in [4.78, 5) is 13.8. The molecule has 2 atom stereocenters. The summed E-state index contributed by atoms with van der Waals surface area (Å²) in [6.07, 6.45) is 0.507. The molecule has 1 aromatic carbocycles. The Bertz CT molecular complexity index is 465. The first-order valence-corrected chi connectivity index (χ1v) is 7.09. The zero-order valence-electron chi connectivity index (χ0n) is 12.9. The Morgan fingerprint density at radius 2 is 1.67 bits per heavy atom. The summed E-state index contributed by atoms with van der Waals surface area (Å²) in [5.41, 5.74) is 2.16. The van der Waals surface area contributed by atoms with Gasteiger partial charge in [0.1, 0.15) is 0 Å². The highest BCUT2D eigenvalue weighted by atomic mass is 16.5. The van der Waals surface area contributed by atoms with Crippen LogP contribution in [0, 0.1) is 0 Å². The predicted molar refractivity (Wildman–Crippen MR) is 79.0 cm³/mol. The Labute approximate surface area is 125 Å². The van der Waals surface area contributed by atoms with E-state index in [1.807, 2.05) is 18.2 Å². The van der Waals surface area contributed by atoms with Crippen molar-refractivity contribution in [2.24, 2.45) is 0 Å². The third kappa shape index (κ3) is 4.03. The Morgan fingerprint density at radius 1 is 1.10 bits per heavy atom. The molecule has 21 heavy (non-hydrogen) atoms. The van der Waals surface area contributed by atoms with Crippen LogP contribution in [0.3, 0.4) is 0 Å². The van der Waals surface area contributed by atoms with Gasteiger partial charge in [0.2, 0.25) is 0 Å². The van der Waals surface area contributed by atoms with Crippen LogP contribution in [0.25, 0.3) is 0 Å². The second-order valence-electron chi connectivity index (χ2n) is 5.26. The number of benzene rings is 1. The van der Waals surface area contributed by atoms with E-state index < -0.39 is 0 Å². The van der Waals surface area contributed by atoms with Crippen LogP contribution >= 0.6 is 0 Å². The molecule has 1 fully saturated rings. The lowest BCUT2D eigenvalue weighted by Gasteiger charge is -2.17. The molecule has 1 saturated heterocycles. The van der Waals surface area contributed by atoms with Gasteiger partial charge in [-0.1, -0.05) is 24.3 Å². The topological polar surface area (TPSA) is 48.0 Å². The molecule has 2 unspecified atom stereocenters. The minimum atomic E-state index is -0.214. The van der Waals surface area contributed by atoms with Crippen molar-refractivity contribution in [3.05, 3.63) is 35.4 Å². The number of hydrogen-bond acceptors (Lipinski definition) is 5. The molecule has 1 aliphatic rings. The average Bonchev–Trinajstić information content (AvgIpc) is 2.91. The third-order valence-electron chi connectivity index (χ3n) is 3.97. The maximum absolute atomic E-state index is 11.5. The third-order valence-corrected chi connectivity index (χ3v) is 3.97. The van der Waals surface area contributed by atoms with E-state index in [1.165, 1.54) is 7.11 Å². The van der Waals surface area contributed by atoms with Gasteiger partial charge >= 0.3 is 5.97 Å². The zero-order valence-corrected chi connectivity index (χ0v) is 12.9. The van der Waals surface area contributed by atoms with Crippen LogP contribution < -0.4 is 0 Å². The Morgan fingerprint density at radius 3 is 2.19 bits per heavy atom. The minimum Gasteiger partial charge on any atom is -0.469 e. The van der Waals surface area contributed by atoms with Crippen molar-refractivity contribution >= 4 is 5.97 Å². The molecule has 0 spiro atoms. The summed E-state index contributed by atoms with van der Waals surface area (Å²) in [5.74, 6) is -0.214. The molecule has 1 aromatic rings. The molecule has 0 saturated carbocycles. The van der Waals surface area contributed by atoms with Crippen molar-refractivity contribution in [3.63, 3.8) is 0 Å². The zero-order chi connectivity index (χ0) is 15.2. The molecule has 0 radical (unpaired) electrons. The largest absolute Gasteiger partial charge is 0.469 e. The van der Waals surface area contributed by atoms with E-state index in [0.717, 1.165) is 30.8 Å². The number of carbonyl (C=O) groups excluding carboxylic acids is 1. The lowest BCUT2D eigenvalue weighted by molar-refractivity contribution is -0.139. The number of esters is 1. The van der Waals surface area contributed by atoms with Gasteiger partial charge in [-0.2, -0.15) is 0 Å². The minimum absolute atomic E-state index is 0.0998. The van der Waals surface area contributed by atoms with E-state index in [9.17, 15) is 4.79 Å². The van der Waals surface area contributed by atoms with Crippen LogP contribution in [-0.4, -0.2) is 57.5 Å². The number of carbonyl (C=O) groups is 1. The van der Waals surface area contributed by atoms with Crippen molar-refractivity contribution in [1.82, 2.24) is 4.90 Å². The molecule has 0 N–H and O–H groups in total. The van der Waals surface area contributed by atoms with Crippen LogP contribution in [-0.2, 0) is 32.0 Å². The molecule has 5 heteroatoms. The molecule has 0 aliphatic carbocycles. The second-order valence-corrected chi connectivity index (χ2v) is 5.26. The van der Waals surface area contributed by atoms with Gasteiger partial charge in [0.15, 0.2) is 0 Å². The van der Waals surface area contributed by atoms with E-state index in [2.05, 4.69) is 11.0 Å². The summed E-state index contributed by atoms with van der Waals surface area (Å²) in [6, 6.07) is 7.97. The van der Waals surface area contributed by atoms with Crippen molar-refractivity contribution < 1.29 is 19.0 Å². The second kappa shape index (κ2) is 7.54. The standard InChI is InChI=1S/C16H23NO4/c1-19-14-10-17(11-15(14)20-2)9-13-7-5-4-6-12(13)8-16(18)21-3/h4-7,14-15H,8-11H2,1-3H3. The van der Waals surface area contributed by atoms with Crippen molar-refractivity contribution in [2.45, 2.75) is 25.2 Å². The number of likely N-dealkylation sites (tertiary alicyclic amines) is 1. The number of hydrogen-bond donors (Lipinski definition) is 0. The molecule has 1 aliphatic heterocycles. The molecule has 0 bridgehead atoms. The van der Waals surface area contributed by atoms with Crippen LogP contribution in [0.5, 0.6) is 0 Å².